The summed E-state index contributed by atoms with van der Waals surface area (Å²) in [6.07, 6.45) is 0. The third-order valence-electron chi connectivity index (χ3n) is 2.76. The van der Waals surface area contributed by atoms with E-state index in [1.807, 2.05) is 31.2 Å². The molecule has 0 fully saturated rings. The van der Waals surface area contributed by atoms with Gasteiger partial charge in [-0.25, -0.2) is 4.79 Å². The van der Waals surface area contributed by atoms with Gasteiger partial charge in [-0.3, -0.25) is 0 Å². The van der Waals surface area contributed by atoms with E-state index in [0.717, 1.165) is 11.1 Å². The smallest absolute Gasteiger partial charge is 0.340 e. The Hall–Kier alpha value is -2.00. The molecule has 0 aromatic heterocycles. The van der Waals surface area contributed by atoms with Gasteiger partial charge in [0.2, 0.25) is 0 Å². The van der Waals surface area contributed by atoms with Crippen LogP contribution in [0.2, 0.25) is 5.02 Å². The topological polar surface area (TPSA) is 52.3 Å². The molecule has 0 aliphatic rings. The number of hydrogen-bond acceptors (Lipinski definition) is 3. The van der Waals surface area contributed by atoms with Crippen molar-refractivity contribution in [3.63, 3.8) is 0 Å². The van der Waals surface area contributed by atoms with Crippen LogP contribution >= 0.6 is 11.6 Å². The van der Waals surface area contributed by atoms with E-state index in [4.69, 9.17) is 22.1 Å². The number of aryl methyl sites for hydroxylation is 1. The number of hydrogen-bond donors (Lipinski definition) is 1. The molecular formula is C15H14ClNO2. The van der Waals surface area contributed by atoms with Crippen molar-refractivity contribution in [1.29, 1.82) is 0 Å². The highest BCUT2D eigenvalue weighted by atomic mass is 35.5. The molecule has 2 aromatic carbocycles. The second kappa shape index (κ2) is 5.76. The van der Waals surface area contributed by atoms with Crippen molar-refractivity contribution < 1.29 is 9.53 Å². The summed E-state index contributed by atoms with van der Waals surface area (Å²) >= 11 is 5.86. The van der Waals surface area contributed by atoms with Crippen LogP contribution in [0.4, 0.5) is 5.69 Å². The Bertz CT molecular complexity index is 594. The van der Waals surface area contributed by atoms with Gasteiger partial charge in [-0.2, -0.15) is 0 Å². The fraction of sp³-hybridized carbons (Fsp3) is 0.133. The third-order valence-corrected chi connectivity index (χ3v) is 3.09. The average Bonchev–Trinajstić information content (AvgIpc) is 2.41. The number of benzene rings is 2. The van der Waals surface area contributed by atoms with Crippen molar-refractivity contribution in [2.24, 2.45) is 0 Å². The fourth-order valence-corrected chi connectivity index (χ4v) is 1.80. The molecule has 0 aliphatic heterocycles. The number of rotatable bonds is 3. The second-order valence-corrected chi connectivity index (χ2v) is 4.67. The molecule has 0 unspecified atom stereocenters. The summed E-state index contributed by atoms with van der Waals surface area (Å²) in [5.74, 6) is -0.472. The van der Waals surface area contributed by atoms with Crippen LogP contribution in [0, 0.1) is 6.92 Å². The number of carbonyl (C=O) groups is 1. The standard InChI is InChI=1S/C15H14ClNO2/c1-10-5-7-11(8-6-10)9-19-15(18)12-3-2-4-13(16)14(12)17/h2-8H,9,17H2,1H3. The molecule has 0 aliphatic carbocycles. The lowest BCUT2D eigenvalue weighted by Gasteiger charge is -2.08. The summed E-state index contributed by atoms with van der Waals surface area (Å²) in [6, 6.07) is 12.7. The number of nitrogens with two attached hydrogens (primary N) is 1. The highest BCUT2D eigenvalue weighted by molar-refractivity contribution is 6.33. The summed E-state index contributed by atoms with van der Waals surface area (Å²) < 4.78 is 5.21. The zero-order chi connectivity index (χ0) is 13.8. The third kappa shape index (κ3) is 3.26. The zero-order valence-electron chi connectivity index (χ0n) is 10.5. The van der Waals surface area contributed by atoms with E-state index in [2.05, 4.69) is 0 Å². The number of para-hydroxylation sites is 1. The molecule has 0 spiro atoms. The maximum atomic E-state index is 11.9. The van der Waals surface area contributed by atoms with Gasteiger partial charge in [0.05, 0.1) is 16.3 Å². The first kappa shape index (κ1) is 13.4. The highest BCUT2D eigenvalue weighted by Gasteiger charge is 2.13. The summed E-state index contributed by atoms with van der Waals surface area (Å²) in [5.41, 5.74) is 8.37. The molecule has 0 heterocycles. The van der Waals surface area contributed by atoms with E-state index in [-0.39, 0.29) is 12.3 Å². The van der Waals surface area contributed by atoms with E-state index in [9.17, 15) is 4.79 Å². The van der Waals surface area contributed by atoms with E-state index >= 15 is 0 Å². The Morgan fingerprint density at radius 1 is 1.21 bits per heavy atom. The van der Waals surface area contributed by atoms with Crippen LogP contribution in [0.5, 0.6) is 0 Å². The van der Waals surface area contributed by atoms with Crippen LogP contribution in [0.1, 0.15) is 21.5 Å². The molecule has 0 amide bonds. The lowest BCUT2D eigenvalue weighted by molar-refractivity contribution is 0.0474. The van der Waals surface area contributed by atoms with Crippen LogP contribution in [-0.2, 0) is 11.3 Å². The van der Waals surface area contributed by atoms with Crippen molar-refractivity contribution in [3.05, 3.63) is 64.2 Å². The predicted molar refractivity (Wildman–Crippen MR) is 76.2 cm³/mol. The number of carbonyl (C=O) groups excluding carboxylic acids is 1. The minimum Gasteiger partial charge on any atom is -0.457 e. The van der Waals surface area contributed by atoms with Crippen LogP contribution in [0.25, 0.3) is 0 Å². The Morgan fingerprint density at radius 2 is 1.89 bits per heavy atom. The summed E-state index contributed by atoms with van der Waals surface area (Å²) in [6.45, 7) is 2.22. The van der Waals surface area contributed by atoms with Gasteiger partial charge in [0.1, 0.15) is 6.61 Å². The zero-order valence-corrected chi connectivity index (χ0v) is 11.3. The van der Waals surface area contributed by atoms with E-state index in [1.54, 1.807) is 18.2 Å². The minimum atomic E-state index is -0.472. The molecule has 0 bridgehead atoms. The Balaban J connectivity index is 2.05. The molecule has 0 saturated carbocycles. The van der Waals surface area contributed by atoms with Crippen molar-refractivity contribution in [1.82, 2.24) is 0 Å². The predicted octanol–water partition coefficient (Wildman–Crippen LogP) is 3.59. The lowest BCUT2D eigenvalue weighted by atomic mass is 10.1. The van der Waals surface area contributed by atoms with E-state index in [1.165, 1.54) is 0 Å². The van der Waals surface area contributed by atoms with Crippen molar-refractivity contribution in [2.75, 3.05) is 5.73 Å². The number of ether oxygens (including phenoxy) is 1. The summed E-state index contributed by atoms with van der Waals surface area (Å²) in [5, 5.41) is 0.352. The van der Waals surface area contributed by atoms with E-state index in [0.29, 0.717) is 10.6 Å². The minimum absolute atomic E-state index is 0.213. The molecule has 98 valence electrons. The lowest BCUT2D eigenvalue weighted by Crippen LogP contribution is -2.08. The van der Waals surface area contributed by atoms with Gasteiger partial charge in [-0.15, -0.1) is 0 Å². The Kier molecular flexibility index (Phi) is 4.07. The number of esters is 1. The van der Waals surface area contributed by atoms with Gasteiger partial charge >= 0.3 is 5.97 Å². The number of nitrogen functional groups attached to an aromatic ring is 1. The van der Waals surface area contributed by atoms with E-state index < -0.39 is 5.97 Å². The van der Waals surface area contributed by atoms with Crippen LogP contribution < -0.4 is 5.73 Å². The molecule has 2 aromatic rings. The van der Waals surface area contributed by atoms with Crippen LogP contribution in [0.15, 0.2) is 42.5 Å². The molecule has 4 heteroatoms. The normalized spacial score (nSPS) is 10.2. The Labute approximate surface area is 117 Å². The monoisotopic (exact) mass is 275 g/mol. The van der Waals surface area contributed by atoms with Gasteiger partial charge in [0, 0.05) is 0 Å². The van der Waals surface area contributed by atoms with Gasteiger partial charge < -0.3 is 10.5 Å². The number of anilines is 1. The molecule has 0 atom stereocenters. The fourth-order valence-electron chi connectivity index (χ4n) is 1.63. The molecule has 2 N–H and O–H groups in total. The maximum Gasteiger partial charge on any atom is 0.340 e. The average molecular weight is 276 g/mol. The quantitative estimate of drug-likeness (QED) is 0.688. The molecule has 0 radical (unpaired) electrons. The largest absolute Gasteiger partial charge is 0.457 e. The summed E-state index contributed by atoms with van der Waals surface area (Å²) in [7, 11) is 0. The van der Waals surface area contributed by atoms with Gasteiger partial charge in [0.15, 0.2) is 0 Å². The van der Waals surface area contributed by atoms with Crippen molar-refractivity contribution in [2.45, 2.75) is 13.5 Å². The maximum absolute atomic E-state index is 11.9. The Morgan fingerprint density at radius 3 is 2.58 bits per heavy atom. The molecule has 0 saturated heterocycles. The van der Waals surface area contributed by atoms with Crippen molar-refractivity contribution >= 4 is 23.3 Å². The second-order valence-electron chi connectivity index (χ2n) is 4.26. The molecule has 19 heavy (non-hydrogen) atoms. The first-order chi connectivity index (χ1) is 9.08. The molecule has 2 rings (SSSR count). The first-order valence-electron chi connectivity index (χ1n) is 5.84. The van der Waals surface area contributed by atoms with Crippen molar-refractivity contribution in [3.8, 4) is 0 Å². The SMILES string of the molecule is Cc1ccc(COC(=O)c2cccc(Cl)c2N)cc1. The highest BCUT2D eigenvalue weighted by Crippen LogP contribution is 2.23. The first-order valence-corrected chi connectivity index (χ1v) is 6.22. The molecular weight excluding hydrogens is 262 g/mol. The van der Waals surface area contributed by atoms with Gasteiger partial charge in [0.25, 0.3) is 0 Å². The summed E-state index contributed by atoms with van der Waals surface area (Å²) in [4.78, 5) is 11.9. The van der Waals surface area contributed by atoms with Gasteiger partial charge in [-0.1, -0.05) is 47.5 Å². The van der Waals surface area contributed by atoms with Crippen LogP contribution in [0.3, 0.4) is 0 Å². The van der Waals surface area contributed by atoms with Gasteiger partial charge in [-0.05, 0) is 24.6 Å². The van der Waals surface area contributed by atoms with Crippen LogP contribution in [-0.4, -0.2) is 5.97 Å². The number of halogens is 1. The molecule has 3 nitrogen and oxygen atoms in total.